The number of carbonyl (C=O) groups is 1. The number of sulfone groups is 1. The van der Waals surface area contributed by atoms with E-state index < -0.39 is 15.1 Å². The van der Waals surface area contributed by atoms with Crippen LogP contribution in [0.3, 0.4) is 0 Å². The fourth-order valence-electron chi connectivity index (χ4n) is 2.59. The van der Waals surface area contributed by atoms with Crippen LogP contribution < -0.4 is 0 Å². The number of nitrogens with zero attached hydrogens (tertiary/aromatic N) is 1. The zero-order chi connectivity index (χ0) is 17.2. The highest BCUT2D eigenvalue weighted by atomic mass is 35.5. The summed E-state index contributed by atoms with van der Waals surface area (Å²) < 4.78 is 24.2. The first-order chi connectivity index (χ1) is 10.7. The zero-order valence-electron chi connectivity index (χ0n) is 13.3. The van der Waals surface area contributed by atoms with Crippen molar-refractivity contribution in [3.63, 3.8) is 0 Å². The molecule has 0 atom stereocenters. The van der Waals surface area contributed by atoms with E-state index in [0.717, 1.165) is 5.56 Å². The third kappa shape index (κ3) is 4.85. The van der Waals surface area contributed by atoms with E-state index in [0.29, 0.717) is 36.0 Å². The van der Waals surface area contributed by atoms with Crippen molar-refractivity contribution >= 4 is 38.9 Å². The van der Waals surface area contributed by atoms with Gasteiger partial charge in [0.05, 0.1) is 11.0 Å². The molecule has 1 aromatic carbocycles. The molecule has 0 saturated carbocycles. The molecule has 0 aliphatic carbocycles. The highest BCUT2D eigenvalue weighted by Gasteiger charge is 2.39. The molecular weight excluding hydrogens is 357 g/mol. The van der Waals surface area contributed by atoms with Crippen LogP contribution in [0.2, 0.25) is 10.0 Å². The standard InChI is InChI=1S/C16H21Cl2NO3S/c1-11(2)10-23(21,22)14-8-19(9-14)16(20)6-4-12-3-5-13(17)7-15(12)18/h3,5,7,11,14H,4,6,8-10H2,1-2H3. The average Bonchev–Trinajstić information content (AvgIpc) is 2.33. The van der Waals surface area contributed by atoms with Crippen LogP contribution in [0.25, 0.3) is 0 Å². The molecule has 0 radical (unpaired) electrons. The van der Waals surface area contributed by atoms with Gasteiger partial charge in [-0.3, -0.25) is 4.79 Å². The van der Waals surface area contributed by atoms with E-state index in [2.05, 4.69) is 0 Å². The molecule has 0 N–H and O–H groups in total. The minimum atomic E-state index is -3.10. The number of halogens is 2. The maximum Gasteiger partial charge on any atom is 0.222 e. The van der Waals surface area contributed by atoms with Gasteiger partial charge >= 0.3 is 0 Å². The molecule has 23 heavy (non-hydrogen) atoms. The van der Waals surface area contributed by atoms with Crippen LogP contribution in [0.4, 0.5) is 0 Å². The van der Waals surface area contributed by atoms with Gasteiger partial charge in [0, 0.05) is 29.6 Å². The van der Waals surface area contributed by atoms with E-state index in [-0.39, 0.29) is 17.6 Å². The summed E-state index contributed by atoms with van der Waals surface area (Å²) in [6, 6.07) is 5.20. The van der Waals surface area contributed by atoms with Gasteiger partial charge in [0.1, 0.15) is 0 Å². The third-order valence-corrected chi connectivity index (χ3v) is 6.93. The molecule has 1 aromatic rings. The number of amides is 1. The van der Waals surface area contributed by atoms with Gasteiger partial charge in [0.15, 0.2) is 9.84 Å². The molecule has 0 bridgehead atoms. The van der Waals surface area contributed by atoms with Gasteiger partial charge in [-0.1, -0.05) is 43.1 Å². The Hall–Kier alpha value is -0.780. The molecule has 1 aliphatic heterocycles. The predicted molar refractivity (Wildman–Crippen MR) is 93.8 cm³/mol. The number of rotatable bonds is 6. The molecule has 0 spiro atoms. The quantitative estimate of drug-likeness (QED) is 0.764. The second-order valence-electron chi connectivity index (χ2n) is 6.38. The summed E-state index contributed by atoms with van der Waals surface area (Å²) in [5.41, 5.74) is 0.869. The highest BCUT2D eigenvalue weighted by Crippen LogP contribution is 2.24. The topological polar surface area (TPSA) is 54.5 Å². The molecule has 0 unspecified atom stereocenters. The fourth-order valence-corrected chi connectivity index (χ4v) is 5.11. The molecule has 4 nitrogen and oxygen atoms in total. The lowest BCUT2D eigenvalue weighted by molar-refractivity contribution is -0.134. The largest absolute Gasteiger partial charge is 0.340 e. The minimum absolute atomic E-state index is 0.0352. The van der Waals surface area contributed by atoms with Gasteiger partial charge in [-0.25, -0.2) is 8.42 Å². The Balaban J connectivity index is 1.83. The van der Waals surface area contributed by atoms with E-state index >= 15 is 0 Å². The maximum atomic E-state index is 12.1. The van der Waals surface area contributed by atoms with E-state index in [1.54, 1.807) is 17.0 Å². The lowest BCUT2D eigenvalue weighted by Crippen LogP contribution is -2.57. The van der Waals surface area contributed by atoms with E-state index in [1.165, 1.54) is 0 Å². The van der Waals surface area contributed by atoms with Crippen LogP contribution in [-0.4, -0.2) is 43.3 Å². The van der Waals surface area contributed by atoms with Crippen molar-refractivity contribution in [2.75, 3.05) is 18.8 Å². The lowest BCUT2D eigenvalue weighted by atomic mass is 10.1. The molecule has 1 heterocycles. The first-order valence-corrected chi connectivity index (χ1v) is 10.1. The Morgan fingerprint density at radius 1 is 1.30 bits per heavy atom. The Morgan fingerprint density at radius 3 is 2.52 bits per heavy atom. The third-order valence-electron chi connectivity index (χ3n) is 3.90. The van der Waals surface area contributed by atoms with E-state index in [4.69, 9.17) is 23.2 Å². The van der Waals surface area contributed by atoms with E-state index in [9.17, 15) is 13.2 Å². The summed E-state index contributed by atoms with van der Waals surface area (Å²) >= 11 is 11.9. The van der Waals surface area contributed by atoms with Gasteiger partial charge in [0.2, 0.25) is 5.91 Å². The van der Waals surface area contributed by atoms with Crippen LogP contribution >= 0.6 is 23.2 Å². The number of aryl methyl sites for hydroxylation is 1. The number of hydrogen-bond acceptors (Lipinski definition) is 3. The maximum absolute atomic E-state index is 12.1. The monoisotopic (exact) mass is 377 g/mol. The Bertz CT molecular complexity index is 683. The van der Waals surface area contributed by atoms with Gasteiger partial charge in [-0.15, -0.1) is 0 Å². The van der Waals surface area contributed by atoms with Crippen molar-refractivity contribution in [3.8, 4) is 0 Å². The molecular formula is C16H21Cl2NO3S. The van der Waals surface area contributed by atoms with Crippen LogP contribution in [0.5, 0.6) is 0 Å². The summed E-state index contributed by atoms with van der Waals surface area (Å²) in [6.07, 6.45) is 0.840. The predicted octanol–water partition coefficient (Wildman–Crippen LogP) is 3.21. The number of carbonyl (C=O) groups excluding carboxylic acids is 1. The molecule has 1 aliphatic rings. The molecule has 7 heteroatoms. The normalized spacial score (nSPS) is 15.8. The highest BCUT2D eigenvalue weighted by molar-refractivity contribution is 7.92. The molecule has 0 aromatic heterocycles. The number of hydrogen-bond donors (Lipinski definition) is 0. The fraction of sp³-hybridized carbons (Fsp3) is 0.562. The molecule has 128 valence electrons. The van der Waals surface area contributed by atoms with Crippen molar-refractivity contribution in [2.45, 2.75) is 31.9 Å². The molecule has 1 fully saturated rings. The zero-order valence-corrected chi connectivity index (χ0v) is 15.6. The summed E-state index contributed by atoms with van der Waals surface area (Å²) in [5, 5.41) is 0.699. The smallest absolute Gasteiger partial charge is 0.222 e. The second kappa shape index (κ2) is 7.41. The Kier molecular flexibility index (Phi) is 5.98. The minimum Gasteiger partial charge on any atom is -0.340 e. The Morgan fingerprint density at radius 2 is 1.96 bits per heavy atom. The average molecular weight is 378 g/mol. The van der Waals surface area contributed by atoms with Crippen LogP contribution in [0.1, 0.15) is 25.8 Å². The van der Waals surface area contributed by atoms with Crippen molar-refractivity contribution in [2.24, 2.45) is 5.92 Å². The second-order valence-corrected chi connectivity index (χ2v) is 9.55. The van der Waals surface area contributed by atoms with Crippen molar-refractivity contribution in [1.29, 1.82) is 0 Å². The summed E-state index contributed by atoms with van der Waals surface area (Å²) in [7, 11) is -3.10. The summed E-state index contributed by atoms with van der Waals surface area (Å²) in [4.78, 5) is 13.7. The van der Waals surface area contributed by atoms with Gasteiger partial charge in [-0.2, -0.15) is 0 Å². The molecule has 1 saturated heterocycles. The van der Waals surface area contributed by atoms with Gasteiger partial charge in [0.25, 0.3) is 0 Å². The SMILES string of the molecule is CC(C)CS(=O)(=O)C1CN(C(=O)CCc2ccc(Cl)cc2Cl)C1. The summed E-state index contributed by atoms with van der Waals surface area (Å²) in [6.45, 7) is 4.38. The lowest BCUT2D eigenvalue weighted by Gasteiger charge is -2.39. The van der Waals surface area contributed by atoms with Gasteiger partial charge in [-0.05, 0) is 30.0 Å². The van der Waals surface area contributed by atoms with Crippen molar-refractivity contribution in [1.82, 2.24) is 4.90 Å². The van der Waals surface area contributed by atoms with Gasteiger partial charge < -0.3 is 4.90 Å². The van der Waals surface area contributed by atoms with Crippen LogP contribution in [0, 0.1) is 5.92 Å². The first-order valence-electron chi connectivity index (χ1n) is 7.62. The first kappa shape index (κ1) is 18.6. The van der Waals surface area contributed by atoms with Crippen LogP contribution in [0.15, 0.2) is 18.2 Å². The van der Waals surface area contributed by atoms with E-state index in [1.807, 2.05) is 19.9 Å². The number of likely N-dealkylation sites (tertiary alicyclic amines) is 1. The molecule has 1 amide bonds. The van der Waals surface area contributed by atoms with Crippen LogP contribution in [-0.2, 0) is 21.1 Å². The summed E-state index contributed by atoms with van der Waals surface area (Å²) in [5.74, 6) is 0.254. The Labute approximate surface area is 147 Å². The van der Waals surface area contributed by atoms with Crippen molar-refractivity contribution < 1.29 is 13.2 Å². The van der Waals surface area contributed by atoms with Crippen molar-refractivity contribution in [3.05, 3.63) is 33.8 Å². The number of benzene rings is 1. The molecule has 2 rings (SSSR count).